The Balaban J connectivity index is 1.59. The van der Waals surface area contributed by atoms with Crippen molar-refractivity contribution in [2.45, 2.75) is 25.8 Å². The van der Waals surface area contributed by atoms with Gasteiger partial charge < -0.3 is 5.32 Å². The van der Waals surface area contributed by atoms with E-state index in [4.69, 9.17) is 0 Å². The van der Waals surface area contributed by atoms with Crippen LogP contribution in [0, 0.1) is 0 Å². The van der Waals surface area contributed by atoms with E-state index >= 15 is 0 Å². The first-order valence-electron chi connectivity index (χ1n) is 11.1. The molecule has 36 heavy (non-hydrogen) atoms. The summed E-state index contributed by atoms with van der Waals surface area (Å²) >= 11 is 0. The average Bonchev–Trinajstić information content (AvgIpc) is 3.17. The molecule has 182 valence electrons. The maximum absolute atomic E-state index is 13.4. The number of imide groups is 1. The minimum absolute atomic E-state index is 0.0269. The molecule has 5 amide bonds. The van der Waals surface area contributed by atoms with Crippen molar-refractivity contribution in [1.82, 2.24) is 15.4 Å². The van der Waals surface area contributed by atoms with Crippen molar-refractivity contribution in [3.63, 3.8) is 0 Å². The third kappa shape index (κ3) is 5.44. The van der Waals surface area contributed by atoms with Crippen molar-refractivity contribution in [3.8, 4) is 0 Å². The van der Waals surface area contributed by atoms with Gasteiger partial charge in [-0.3, -0.25) is 34.4 Å². The smallest absolute Gasteiger partial charge is 0.274 e. The Bertz CT molecular complexity index is 1300. The van der Waals surface area contributed by atoms with Crippen molar-refractivity contribution in [2.24, 2.45) is 0 Å². The fourth-order valence-electron chi connectivity index (χ4n) is 3.84. The van der Waals surface area contributed by atoms with Crippen LogP contribution in [-0.4, -0.2) is 45.6 Å². The summed E-state index contributed by atoms with van der Waals surface area (Å²) in [5, 5.41) is 3.52. The van der Waals surface area contributed by atoms with Gasteiger partial charge in [0, 0.05) is 25.0 Å². The number of nitrogens with zero attached hydrogens (tertiary/aromatic N) is 3. The van der Waals surface area contributed by atoms with Crippen molar-refractivity contribution in [2.75, 3.05) is 10.2 Å². The van der Waals surface area contributed by atoms with Crippen LogP contribution in [0.5, 0.6) is 0 Å². The highest BCUT2D eigenvalue weighted by Gasteiger charge is 2.45. The maximum atomic E-state index is 13.4. The Morgan fingerprint density at radius 2 is 1.72 bits per heavy atom. The number of hydrogen-bond donors (Lipinski definition) is 2. The summed E-state index contributed by atoms with van der Waals surface area (Å²) in [4.78, 5) is 68.5. The second kappa shape index (κ2) is 10.6. The van der Waals surface area contributed by atoms with Crippen LogP contribution in [0.2, 0.25) is 0 Å². The Hall–Kier alpha value is -4.86. The molecule has 10 nitrogen and oxygen atoms in total. The minimum atomic E-state index is -1.25. The van der Waals surface area contributed by atoms with Gasteiger partial charge in [0.2, 0.25) is 17.7 Å². The molecule has 3 aromatic rings. The van der Waals surface area contributed by atoms with Gasteiger partial charge in [0.15, 0.2) is 0 Å². The van der Waals surface area contributed by atoms with Gasteiger partial charge in [-0.1, -0.05) is 30.3 Å². The average molecular weight is 486 g/mol. The lowest BCUT2D eigenvalue weighted by Crippen LogP contribution is -2.55. The van der Waals surface area contributed by atoms with E-state index < -0.39 is 29.7 Å². The first-order chi connectivity index (χ1) is 17.3. The normalized spacial score (nSPS) is 14.9. The number of benzene rings is 2. The van der Waals surface area contributed by atoms with Crippen LogP contribution in [0.4, 0.5) is 11.4 Å². The van der Waals surface area contributed by atoms with E-state index in [1.807, 2.05) is 6.07 Å². The minimum Gasteiger partial charge on any atom is -0.326 e. The molecule has 1 aliphatic heterocycles. The number of nitrogens with one attached hydrogen (secondary N) is 2. The molecule has 0 radical (unpaired) electrons. The molecular formula is C26H23N5O5. The third-order valence-electron chi connectivity index (χ3n) is 5.46. The zero-order valence-corrected chi connectivity index (χ0v) is 19.4. The van der Waals surface area contributed by atoms with Crippen LogP contribution in [0.25, 0.3) is 0 Å². The maximum Gasteiger partial charge on any atom is 0.274 e. The molecule has 4 rings (SSSR count). The summed E-state index contributed by atoms with van der Waals surface area (Å²) in [6.07, 6.45) is 2.47. The van der Waals surface area contributed by atoms with Gasteiger partial charge in [-0.2, -0.15) is 0 Å². The van der Waals surface area contributed by atoms with Gasteiger partial charge >= 0.3 is 0 Å². The van der Waals surface area contributed by atoms with Crippen molar-refractivity contribution in [3.05, 3.63) is 90.3 Å². The summed E-state index contributed by atoms with van der Waals surface area (Å²) in [6, 6.07) is 16.9. The summed E-state index contributed by atoms with van der Waals surface area (Å²) in [5.74, 6) is -2.63. The monoisotopic (exact) mass is 485 g/mol. The highest BCUT2D eigenvalue weighted by atomic mass is 16.2. The van der Waals surface area contributed by atoms with Gasteiger partial charge in [0.1, 0.15) is 6.04 Å². The van der Waals surface area contributed by atoms with Crippen LogP contribution in [0.1, 0.15) is 29.3 Å². The molecule has 1 aliphatic rings. The second-order valence-electron chi connectivity index (χ2n) is 8.13. The molecule has 1 aromatic heterocycles. The lowest BCUT2D eigenvalue weighted by Gasteiger charge is -2.28. The molecule has 2 aromatic carbocycles. The molecule has 2 heterocycles. The molecule has 1 fully saturated rings. The standard InChI is InChI=1S/C26H23N5O5/c1-17(32)28-20-9-11-21(12-10-20)30-24(34)15-22(26(30)36)31(25(35)19-8-5-13-27-16-19)29-23(33)14-18-6-3-2-4-7-18/h2-13,16,22H,14-15H2,1H3,(H,28,32)(H,29,33). The Morgan fingerprint density at radius 1 is 1.00 bits per heavy atom. The van der Waals surface area contributed by atoms with E-state index in [1.165, 1.54) is 37.5 Å². The van der Waals surface area contributed by atoms with Crippen molar-refractivity contribution in [1.29, 1.82) is 0 Å². The van der Waals surface area contributed by atoms with Crippen LogP contribution < -0.4 is 15.6 Å². The molecular weight excluding hydrogens is 462 g/mol. The molecule has 0 spiro atoms. The van der Waals surface area contributed by atoms with E-state index in [2.05, 4.69) is 15.7 Å². The number of carbonyl (C=O) groups excluding carboxylic acids is 5. The number of hydrogen-bond acceptors (Lipinski definition) is 6. The highest BCUT2D eigenvalue weighted by Crippen LogP contribution is 2.27. The summed E-state index contributed by atoms with van der Waals surface area (Å²) in [6.45, 7) is 1.37. The quantitative estimate of drug-likeness (QED) is 0.406. The first kappa shape index (κ1) is 24.3. The van der Waals surface area contributed by atoms with Crippen LogP contribution >= 0.6 is 0 Å². The Labute approximate surface area is 206 Å². The number of aromatic nitrogens is 1. The van der Waals surface area contributed by atoms with E-state index in [-0.39, 0.29) is 30.0 Å². The van der Waals surface area contributed by atoms with Crippen molar-refractivity contribution >= 4 is 40.9 Å². The van der Waals surface area contributed by atoms with E-state index in [1.54, 1.807) is 42.5 Å². The van der Waals surface area contributed by atoms with Gasteiger partial charge in [0.25, 0.3) is 11.8 Å². The van der Waals surface area contributed by atoms with Gasteiger partial charge in [0.05, 0.1) is 24.1 Å². The molecule has 0 aliphatic carbocycles. The summed E-state index contributed by atoms with van der Waals surface area (Å²) in [7, 11) is 0. The number of pyridine rings is 1. The Kier molecular flexibility index (Phi) is 7.15. The fourth-order valence-corrected chi connectivity index (χ4v) is 3.84. The van der Waals surface area contributed by atoms with Crippen LogP contribution in [0.3, 0.4) is 0 Å². The molecule has 1 atom stereocenters. The lowest BCUT2D eigenvalue weighted by molar-refractivity contribution is -0.128. The molecule has 1 unspecified atom stereocenters. The predicted molar refractivity (Wildman–Crippen MR) is 130 cm³/mol. The van der Waals surface area contributed by atoms with E-state index in [0.29, 0.717) is 5.69 Å². The second-order valence-corrected chi connectivity index (χ2v) is 8.13. The zero-order valence-electron chi connectivity index (χ0n) is 19.4. The molecule has 0 saturated carbocycles. The number of carbonyl (C=O) groups is 5. The van der Waals surface area contributed by atoms with E-state index in [9.17, 15) is 24.0 Å². The zero-order chi connectivity index (χ0) is 25.7. The first-order valence-corrected chi connectivity index (χ1v) is 11.1. The summed E-state index contributed by atoms with van der Waals surface area (Å²) < 4.78 is 0. The topological polar surface area (TPSA) is 129 Å². The molecule has 10 heteroatoms. The van der Waals surface area contributed by atoms with Crippen molar-refractivity contribution < 1.29 is 24.0 Å². The number of rotatable bonds is 6. The largest absolute Gasteiger partial charge is 0.326 e. The predicted octanol–water partition coefficient (Wildman–Crippen LogP) is 2.09. The van der Waals surface area contributed by atoms with E-state index in [0.717, 1.165) is 15.5 Å². The number of anilines is 2. The van der Waals surface area contributed by atoms with Crippen LogP contribution in [-0.2, 0) is 25.6 Å². The number of amides is 5. The Morgan fingerprint density at radius 3 is 2.36 bits per heavy atom. The fraction of sp³-hybridized carbons (Fsp3) is 0.154. The lowest BCUT2D eigenvalue weighted by atomic mass is 10.1. The van der Waals surface area contributed by atoms with Gasteiger partial charge in [-0.05, 0) is 42.0 Å². The third-order valence-corrected chi connectivity index (χ3v) is 5.46. The van der Waals surface area contributed by atoms with Gasteiger partial charge in [-0.25, -0.2) is 9.91 Å². The molecule has 1 saturated heterocycles. The molecule has 2 N–H and O–H groups in total. The van der Waals surface area contributed by atoms with Gasteiger partial charge in [-0.15, -0.1) is 0 Å². The molecule has 0 bridgehead atoms. The highest BCUT2D eigenvalue weighted by molar-refractivity contribution is 6.23. The van der Waals surface area contributed by atoms with Crippen LogP contribution in [0.15, 0.2) is 79.1 Å². The summed E-state index contributed by atoms with van der Waals surface area (Å²) in [5.41, 5.74) is 4.19. The SMILES string of the molecule is CC(=O)Nc1ccc(N2C(=O)CC(N(NC(=O)Cc3ccccc3)C(=O)c3cccnc3)C2=O)cc1. The number of hydrazine groups is 1.